The highest BCUT2D eigenvalue weighted by Gasteiger charge is 2.31. The molecule has 1 saturated heterocycles. The first-order valence-electron chi connectivity index (χ1n) is 9.37. The third-order valence-corrected chi connectivity index (χ3v) is 6.76. The second-order valence-corrected chi connectivity index (χ2v) is 8.92. The Bertz CT molecular complexity index is 738. The van der Waals surface area contributed by atoms with Crippen molar-refractivity contribution in [3.05, 3.63) is 29.8 Å². The largest absolute Gasteiger partial charge is 0.481 e. The Balaban J connectivity index is 1.75. The molecule has 1 aliphatic rings. The lowest BCUT2D eigenvalue weighted by molar-refractivity contribution is -0.137. The summed E-state index contributed by atoms with van der Waals surface area (Å²) in [7, 11) is -3.51. The molecule has 2 rings (SSSR count). The first kappa shape index (κ1) is 21.4. The number of aliphatic carboxylic acids is 1. The summed E-state index contributed by atoms with van der Waals surface area (Å²) in [5.41, 5.74) is 1.01. The molecule has 1 heterocycles. The van der Waals surface area contributed by atoms with Gasteiger partial charge in [-0.2, -0.15) is 4.31 Å². The lowest BCUT2D eigenvalue weighted by Gasteiger charge is -2.30. The van der Waals surface area contributed by atoms with Crippen LogP contribution < -0.4 is 5.32 Å². The van der Waals surface area contributed by atoms with Crippen LogP contribution in [0.15, 0.2) is 29.2 Å². The van der Waals surface area contributed by atoms with Crippen LogP contribution in [0.3, 0.4) is 0 Å². The van der Waals surface area contributed by atoms with Gasteiger partial charge in [0.25, 0.3) is 0 Å². The molecule has 0 saturated carbocycles. The van der Waals surface area contributed by atoms with Crippen molar-refractivity contribution in [2.75, 3.05) is 19.6 Å². The highest BCUT2D eigenvalue weighted by atomic mass is 32.2. The summed E-state index contributed by atoms with van der Waals surface area (Å²) >= 11 is 0. The van der Waals surface area contributed by atoms with E-state index in [0.29, 0.717) is 38.9 Å². The van der Waals surface area contributed by atoms with Gasteiger partial charge in [0, 0.05) is 32.0 Å². The molecule has 0 aromatic heterocycles. The molecule has 1 aliphatic heterocycles. The van der Waals surface area contributed by atoms with Gasteiger partial charge < -0.3 is 10.4 Å². The summed E-state index contributed by atoms with van der Waals surface area (Å²) in [6.07, 6.45) is 3.30. The molecule has 0 bridgehead atoms. The Morgan fingerprint density at radius 3 is 2.33 bits per heavy atom. The van der Waals surface area contributed by atoms with Gasteiger partial charge in [0.05, 0.1) is 4.90 Å². The summed E-state index contributed by atoms with van der Waals surface area (Å²) in [5, 5.41) is 11.5. The summed E-state index contributed by atoms with van der Waals surface area (Å²) in [4.78, 5) is 23.0. The van der Waals surface area contributed by atoms with Crippen LogP contribution in [0.1, 0.15) is 44.1 Å². The summed E-state index contributed by atoms with van der Waals surface area (Å²) < 4.78 is 26.8. The van der Waals surface area contributed by atoms with Crippen molar-refractivity contribution >= 4 is 21.9 Å². The second-order valence-electron chi connectivity index (χ2n) is 6.99. The smallest absolute Gasteiger partial charge is 0.303 e. The number of amides is 1. The summed E-state index contributed by atoms with van der Waals surface area (Å²) in [6.45, 7) is 3.12. The lowest BCUT2D eigenvalue weighted by atomic mass is 9.97. The maximum Gasteiger partial charge on any atom is 0.303 e. The van der Waals surface area contributed by atoms with Crippen molar-refractivity contribution in [3.63, 3.8) is 0 Å². The Labute approximate surface area is 160 Å². The predicted molar refractivity (Wildman–Crippen MR) is 102 cm³/mol. The quantitative estimate of drug-likeness (QED) is 0.623. The van der Waals surface area contributed by atoms with E-state index in [-0.39, 0.29) is 23.1 Å². The molecule has 0 atom stereocenters. The molecule has 1 aromatic carbocycles. The normalized spacial score (nSPS) is 16.2. The van der Waals surface area contributed by atoms with E-state index < -0.39 is 16.0 Å². The van der Waals surface area contributed by atoms with E-state index in [9.17, 15) is 18.0 Å². The molecular weight excluding hydrogens is 368 g/mol. The standard InChI is InChI=1S/C19H28N2O5S/c1-15-6-8-17(9-7-15)27(25,26)21-13-10-16(11-14-21)19(24)20-12-4-2-3-5-18(22)23/h6-9,16H,2-5,10-14H2,1H3,(H,20,24)(H,22,23). The van der Waals surface area contributed by atoms with Crippen LogP contribution in [-0.2, 0) is 19.6 Å². The number of hydrogen-bond acceptors (Lipinski definition) is 4. The van der Waals surface area contributed by atoms with Crippen molar-refractivity contribution in [2.45, 2.75) is 50.3 Å². The third kappa shape index (κ3) is 6.32. The van der Waals surface area contributed by atoms with Gasteiger partial charge >= 0.3 is 5.97 Å². The number of carbonyl (C=O) groups is 2. The van der Waals surface area contributed by atoms with E-state index in [1.165, 1.54) is 4.31 Å². The van der Waals surface area contributed by atoms with Gasteiger partial charge in [-0.1, -0.05) is 24.1 Å². The summed E-state index contributed by atoms with van der Waals surface area (Å²) in [6, 6.07) is 6.80. The summed E-state index contributed by atoms with van der Waals surface area (Å²) in [5.74, 6) is -1.01. The molecule has 2 N–H and O–H groups in total. The van der Waals surface area contributed by atoms with E-state index in [1.54, 1.807) is 24.3 Å². The van der Waals surface area contributed by atoms with E-state index in [0.717, 1.165) is 18.4 Å². The molecule has 8 heteroatoms. The number of carbonyl (C=O) groups excluding carboxylic acids is 1. The van der Waals surface area contributed by atoms with Crippen LogP contribution in [0.25, 0.3) is 0 Å². The molecule has 0 aliphatic carbocycles. The van der Waals surface area contributed by atoms with Gasteiger partial charge in [0.1, 0.15) is 0 Å². The third-order valence-electron chi connectivity index (χ3n) is 4.85. The molecule has 0 radical (unpaired) electrons. The van der Waals surface area contributed by atoms with E-state index in [2.05, 4.69) is 5.32 Å². The van der Waals surface area contributed by atoms with Crippen LogP contribution >= 0.6 is 0 Å². The number of rotatable bonds is 9. The van der Waals surface area contributed by atoms with Crippen molar-refractivity contribution in [2.24, 2.45) is 5.92 Å². The topological polar surface area (TPSA) is 104 Å². The zero-order chi connectivity index (χ0) is 19.9. The van der Waals surface area contributed by atoms with Gasteiger partial charge in [-0.3, -0.25) is 9.59 Å². The van der Waals surface area contributed by atoms with Crippen molar-refractivity contribution in [1.29, 1.82) is 0 Å². The minimum atomic E-state index is -3.51. The van der Waals surface area contributed by atoms with Gasteiger partial charge in [-0.15, -0.1) is 0 Å². The van der Waals surface area contributed by atoms with Crippen LogP contribution in [0.5, 0.6) is 0 Å². The zero-order valence-corrected chi connectivity index (χ0v) is 16.5. The number of carboxylic acids is 1. The van der Waals surface area contributed by atoms with Crippen LogP contribution in [0.2, 0.25) is 0 Å². The lowest BCUT2D eigenvalue weighted by Crippen LogP contribution is -2.43. The van der Waals surface area contributed by atoms with Crippen LogP contribution in [0, 0.1) is 12.8 Å². The highest BCUT2D eigenvalue weighted by molar-refractivity contribution is 7.89. The number of piperidine rings is 1. The van der Waals surface area contributed by atoms with Crippen molar-refractivity contribution in [3.8, 4) is 0 Å². The number of nitrogens with zero attached hydrogens (tertiary/aromatic N) is 1. The molecule has 1 aromatic rings. The van der Waals surface area contributed by atoms with Gasteiger partial charge in [0.15, 0.2) is 0 Å². The minimum Gasteiger partial charge on any atom is -0.481 e. The average Bonchev–Trinajstić information content (AvgIpc) is 2.64. The number of nitrogens with one attached hydrogen (secondary N) is 1. The Morgan fingerprint density at radius 2 is 1.74 bits per heavy atom. The molecule has 7 nitrogen and oxygen atoms in total. The molecule has 1 fully saturated rings. The number of unbranched alkanes of at least 4 members (excludes halogenated alkanes) is 2. The first-order valence-corrected chi connectivity index (χ1v) is 10.8. The molecule has 0 unspecified atom stereocenters. The van der Waals surface area contributed by atoms with E-state index in [4.69, 9.17) is 5.11 Å². The monoisotopic (exact) mass is 396 g/mol. The Kier molecular flexibility index (Phi) is 7.79. The maximum absolute atomic E-state index is 12.7. The fraction of sp³-hybridized carbons (Fsp3) is 0.579. The predicted octanol–water partition coefficient (Wildman–Crippen LogP) is 2.16. The number of benzene rings is 1. The van der Waals surface area contributed by atoms with Gasteiger partial charge in [-0.25, -0.2) is 8.42 Å². The van der Waals surface area contributed by atoms with Gasteiger partial charge in [0.2, 0.25) is 15.9 Å². The molecule has 1 amide bonds. The fourth-order valence-electron chi connectivity index (χ4n) is 3.15. The maximum atomic E-state index is 12.7. The van der Waals surface area contributed by atoms with Crippen molar-refractivity contribution in [1.82, 2.24) is 9.62 Å². The molecule has 0 spiro atoms. The van der Waals surface area contributed by atoms with Crippen molar-refractivity contribution < 1.29 is 23.1 Å². The Morgan fingerprint density at radius 1 is 1.11 bits per heavy atom. The first-order chi connectivity index (χ1) is 12.8. The van der Waals surface area contributed by atoms with E-state index >= 15 is 0 Å². The van der Waals surface area contributed by atoms with Crippen LogP contribution in [-0.4, -0.2) is 49.3 Å². The molecular formula is C19H28N2O5S. The minimum absolute atomic E-state index is 0.0411. The van der Waals surface area contributed by atoms with E-state index in [1.807, 2.05) is 6.92 Å². The number of carboxylic acid groups (broad SMARTS) is 1. The second kappa shape index (κ2) is 9.85. The van der Waals surface area contributed by atoms with Crippen LogP contribution in [0.4, 0.5) is 0 Å². The number of hydrogen-bond donors (Lipinski definition) is 2. The van der Waals surface area contributed by atoms with Gasteiger partial charge in [-0.05, 0) is 44.7 Å². The average molecular weight is 397 g/mol. The zero-order valence-electron chi connectivity index (χ0n) is 15.7. The molecule has 27 heavy (non-hydrogen) atoms. The molecule has 150 valence electrons. The highest BCUT2D eigenvalue weighted by Crippen LogP contribution is 2.24. The SMILES string of the molecule is Cc1ccc(S(=O)(=O)N2CCC(C(=O)NCCCCCC(=O)O)CC2)cc1. The Hall–Kier alpha value is -1.93. The number of aryl methyl sites for hydroxylation is 1. The number of sulfonamides is 1. The fourth-order valence-corrected chi connectivity index (χ4v) is 4.62.